The molecule has 2 aromatic rings. The largest absolute Gasteiger partial charge is 0.378 e. The number of rotatable bonds is 5. The predicted octanol–water partition coefficient (Wildman–Crippen LogP) is 3.35. The molecule has 2 aromatic carbocycles. The summed E-state index contributed by atoms with van der Waals surface area (Å²) >= 11 is 0. The molecule has 0 saturated carbocycles. The van der Waals surface area contributed by atoms with Gasteiger partial charge in [-0.1, -0.05) is 36.4 Å². The highest BCUT2D eigenvalue weighted by molar-refractivity contribution is 5.45. The molecule has 1 N–H and O–H groups in total. The van der Waals surface area contributed by atoms with Crippen LogP contribution in [-0.2, 0) is 13.1 Å². The summed E-state index contributed by atoms with van der Waals surface area (Å²) in [5, 5.41) is 3.49. The van der Waals surface area contributed by atoms with Crippen molar-refractivity contribution in [2.24, 2.45) is 0 Å². The van der Waals surface area contributed by atoms with Gasteiger partial charge in [-0.2, -0.15) is 0 Å². The fourth-order valence-electron chi connectivity index (χ4n) is 2.06. The lowest BCUT2D eigenvalue weighted by atomic mass is 10.1. The fourth-order valence-corrected chi connectivity index (χ4v) is 2.06. The van der Waals surface area contributed by atoms with E-state index in [0.717, 1.165) is 13.1 Å². The minimum atomic E-state index is 0.905. The Balaban J connectivity index is 1.87. The van der Waals surface area contributed by atoms with Crippen molar-refractivity contribution in [2.75, 3.05) is 19.0 Å². The first-order chi connectivity index (χ1) is 9.16. The van der Waals surface area contributed by atoms with Crippen LogP contribution in [0.4, 0.5) is 5.69 Å². The normalized spacial score (nSPS) is 10.5. The molecule has 0 atom stereocenters. The summed E-state index contributed by atoms with van der Waals surface area (Å²) in [4.78, 5) is 2.12. The van der Waals surface area contributed by atoms with Crippen molar-refractivity contribution in [1.82, 2.24) is 5.32 Å². The maximum Gasteiger partial charge on any atom is 0.0361 e. The molecule has 0 aromatic heterocycles. The summed E-state index contributed by atoms with van der Waals surface area (Å²) in [6.45, 7) is 3.98. The Bertz CT molecular complexity index is 515. The highest BCUT2D eigenvalue weighted by atomic mass is 15.1. The Kier molecular flexibility index (Phi) is 4.58. The van der Waals surface area contributed by atoms with Gasteiger partial charge in [0, 0.05) is 32.9 Å². The van der Waals surface area contributed by atoms with Gasteiger partial charge in [-0.3, -0.25) is 0 Å². The molecule has 0 radical (unpaired) electrons. The molecule has 2 rings (SSSR count). The van der Waals surface area contributed by atoms with Crippen LogP contribution in [0, 0.1) is 6.92 Å². The summed E-state index contributed by atoms with van der Waals surface area (Å²) in [7, 11) is 4.12. The van der Waals surface area contributed by atoms with Gasteiger partial charge in [0.1, 0.15) is 0 Å². The van der Waals surface area contributed by atoms with Crippen LogP contribution in [0.15, 0.2) is 48.5 Å². The van der Waals surface area contributed by atoms with Crippen LogP contribution in [-0.4, -0.2) is 14.1 Å². The molecular formula is C17H22N2. The van der Waals surface area contributed by atoms with Crippen molar-refractivity contribution in [1.29, 1.82) is 0 Å². The van der Waals surface area contributed by atoms with Gasteiger partial charge in [-0.05, 0) is 35.7 Å². The minimum absolute atomic E-state index is 0.905. The zero-order valence-electron chi connectivity index (χ0n) is 12.0. The SMILES string of the molecule is Cc1ccccc1CNCc1ccc(N(C)C)cc1. The molecule has 100 valence electrons. The van der Waals surface area contributed by atoms with E-state index < -0.39 is 0 Å². The quantitative estimate of drug-likeness (QED) is 0.880. The number of nitrogens with zero attached hydrogens (tertiary/aromatic N) is 1. The molecule has 0 fully saturated rings. The molecule has 2 nitrogen and oxygen atoms in total. The van der Waals surface area contributed by atoms with Crippen molar-refractivity contribution in [3.8, 4) is 0 Å². The lowest BCUT2D eigenvalue weighted by molar-refractivity contribution is 0.690. The zero-order chi connectivity index (χ0) is 13.7. The molecule has 0 amide bonds. The first-order valence-corrected chi connectivity index (χ1v) is 6.68. The van der Waals surface area contributed by atoms with Gasteiger partial charge >= 0.3 is 0 Å². The van der Waals surface area contributed by atoms with Crippen LogP contribution >= 0.6 is 0 Å². The summed E-state index contributed by atoms with van der Waals surface area (Å²) in [6, 6.07) is 17.2. The molecule has 0 aliphatic heterocycles. The van der Waals surface area contributed by atoms with Crippen molar-refractivity contribution in [3.05, 3.63) is 65.2 Å². The van der Waals surface area contributed by atoms with Crippen molar-refractivity contribution >= 4 is 5.69 Å². The Morgan fingerprint density at radius 3 is 2.21 bits per heavy atom. The third-order valence-corrected chi connectivity index (χ3v) is 3.36. The van der Waals surface area contributed by atoms with E-state index in [1.54, 1.807) is 0 Å². The van der Waals surface area contributed by atoms with E-state index in [0.29, 0.717) is 0 Å². The Labute approximate surface area is 116 Å². The molecule has 0 unspecified atom stereocenters. The fraction of sp³-hybridized carbons (Fsp3) is 0.294. The zero-order valence-corrected chi connectivity index (χ0v) is 12.0. The number of hydrogen-bond acceptors (Lipinski definition) is 2. The summed E-state index contributed by atoms with van der Waals surface area (Å²) < 4.78 is 0. The smallest absolute Gasteiger partial charge is 0.0361 e. The van der Waals surface area contributed by atoms with Crippen LogP contribution in [0.2, 0.25) is 0 Å². The predicted molar refractivity (Wildman–Crippen MR) is 82.5 cm³/mol. The van der Waals surface area contributed by atoms with E-state index in [4.69, 9.17) is 0 Å². The van der Waals surface area contributed by atoms with Crippen molar-refractivity contribution in [3.63, 3.8) is 0 Å². The molecule has 19 heavy (non-hydrogen) atoms. The molecule has 0 saturated heterocycles. The molecule has 0 aliphatic rings. The van der Waals surface area contributed by atoms with E-state index in [1.807, 2.05) is 0 Å². The van der Waals surface area contributed by atoms with Gasteiger partial charge in [-0.25, -0.2) is 0 Å². The first kappa shape index (κ1) is 13.6. The van der Waals surface area contributed by atoms with E-state index in [2.05, 4.69) is 79.8 Å². The maximum absolute atomic E-state index is 3.49. The average Bonchev–Trinajstić information content (AvgIpc) is 2.41. The van der Waals surface area contributed by atoms with E-state index in [1.165, 1.54) is 22.4 Å². The van der Waals surface area contributed by atoms with Crippen LogP contribution in [0.1, 0.15) is 16.7 Å². The third kappa shape index (κ3) is 3.83. The number of benzene rings is 2. The van der Waals surface area contributed by atoms with E-state index in [9.17, 15) is 0 Å². The molecule has 0 spiro atoms. The van der Waals surface area contributed by atoms with Crippen LogP contribution in [0.3, 0.4) is 0 Å². The Hall–Kier alpha value is -1.80. The van der Waals surface area contributed by atoms with E-state index >= 15 is 0 Å². The number of hydrogen-bond donors (Lipinski definition) is 1. The second kappa shape index (κ2) is 6.39. The lowest BCUT2D eigenvalue weighted by Crippen LogP contribution is -2.14. The van der Waals surface area contributed by atoms with Gasteiger partial charge in [0.05, 0.1) is 0 Å². The third-order valence-electron chi connectivity index (χ3n) is 3.36. The van der Waals surface area contributed by atoms with Crippen molar-refractivity contribution < 1.29 is 0 Å². The monoisotopic (exact) mass is 254 g/mol. The Morgan fingerprint density at radius 2 is 1.58 bits per heavy atom. The van der Waals surface area contributed by atoms with Crippen LogP contribution < -0.4 is 10.2 Å². The standard InChI is InChI=1S/C17H22N2/c1-14-6-4-5-7-16(14)13-18-12-15-8-10-17(11-9-15)19(2)3/h4-11,18H,12-13H2,1-3H3. The van der Waals surface area contributed by atoms with Gasteiger partial charge in [0.2, 0.25) is 0 Å². The highest BCUT2D eigenvalue weighted by Gasteiger charge is 1.98. The minimum Gasteiger partial charge on any atom is -0.378 e. The lowest BCUT2D eigenvalue weighted by Gasteiger charge is -2.13. The topological polar surface area (TPSA) is 15.3 Å². The Morgan fingerprint density at radius 1 is 0.895 bits per heavy atom. The second-order valence-electron chi connectivity index (χ2n) is 5.09. The summed E-state index contributed by atoms with van der Waals surface area (Å²) in [6.07, 6.45) is 0. The molecular weight excluding hydrogens is 232 g/mol. The van der Waals surface area contributed by atoms with E-state index in [-0.39, 0.29) is 0 Å². The molecule has 0 heterocycles. The van der Waals surface area contributed by atoms with Gasteiger partial charge in [0.25, 0.3) is 0 Å². The number of anilines is 1. The average molecular weight is 254 g/mol. The number of nitrogens with one attached hydrogen (secondary N) is 1. The summed E-state index contributed by atoms with van der Waals surface area (Å²) in [5.41, 5.74) is 5.27. The molecule has 2 heteroatoms. The van der Waals surface area contributed by atoms with Gasteiger partial charge in [0.15, 0.2) is 0 Å². The second-order valence-corrected chi connectivity index (χ2v) is 5.09. The maximum atomic E-state index is 3.49. The van der Waals surface area contributed by atoms with Gasteiger partial charge in [-0.15, -0.1) is 0 Å². The number of aryl methyl sites for hydroxylation is 1. The summed E-state index contributed by atoms with van der Waals surface area (Å²) in [5.74, 6) is 0. The first-order valence-electron chi connectivity index (χ1n) is 6.68. The van der Waals surface area contributed by atoms with Gasteiger partial charge < -0.3 is 10.2 Å². The van der Waals surface area contributed by atoms with Crippen LogP contribution in [0.25, 0.3) is 0 Å². The highest BCUT2D eigenvalue weighted by Crippen LogP contribution is 2.12. The molecule has 0 bridgehead atoms. The molecule has 0 aliphatic carbocycles. The van der Waals surface area contributed by atoms with Crippen molar-refractivity contribution in [2.45, 2.75) is 20.0 Å². The van der Waals surface area contributed by atoms with Crippen LogP contribution in [0.5, 0.6) is 0 Å².